The number of carbonyl (C=O) groups is 1. The fourth-order valence-corrected chi connectivity index (χ4v) is 2.28. The van der Waals surface area contributed by atoms with Crippen molar-refractivity contribution >= 4 is 5.91 Å². The molecule has 0 aliphatic carbocycles. The summed E-state index contributed by atoms with van der Waals surface area (Å²) in [7, 11) is 1.61. The lowest BCUT2D eigenvalue weighted by Gasteiger charge is -2.21. The average molecular weight is 287 g/mol. The van der Waals surface area contributed by atoms with Crippen LogP contribution in [-0.4, -0.2) is 29.5 Å². The molecule has 0 bridgehead atoms. The van der Waals surface area contributed by atoms with Gasteiger partial charge in [-0.2, -0.15) is 0 Å². The summed E-state index contributed by atoms with van der Waals surface area (Å²) in [5, 5.41) is 2.93. The highest BCUT2D eigenvalue weighted by atomic mass is 16.5. The van der Waals surface area contributed by atoms with Crippen LogP contribution < -0.4 is 5.32 Å². The zero-order valence-corrected chi connectivity index (χ0v) is 12.4. The molecule has 1 amide bonds. The molecule has 0 aromatic carbocycles. The molecule has 112 valence electrons. The van der Waals surface area contributed by atoms with E-state index >= 15 is 0 Å². The molecule has 2 heterocycles. The fraction of sp³-hybridized carbons (Fsp3) is 0.375. The van der Waals surface area contributed by atoms with E-state index in [0.29, 0.717) is 6.54 Å². The predicted molar refractivity (Wildman–Crippen MR) is 80.7 cm³/mol. The number of amides is 1. The molecule has 2 aromatic rings. The Labute approximate surface area is 124 Å². The summed E-state index contributed by atoms with van der Waals surface area (Å²) in [4.78, 5) is 19.5. The zero-order valence-electron chi connectivity index (χ0n) is 12.4. The van der Waals surface area contributed by atoms with Gasteiger partial charge in [-0.05, 0) is 24.3 Å². The summed E-state index contributed by atoms with van der Waals surface area (Å²) in [5.41, 5.74) is 1.88. The molecule has 0 aliphatic heterocycles. The van der Waals surface area contributed by atoms with Gasteiger partial charge in [0, 0.05) is 43.9 Å². The van der Waals surface area contributed by atoms with Gasteiger partial charge in [-0.3, -0.25) is 9.78 Å². The Bertz CT molecular complexity index is 540. The number of pyridine rings is 1. The van der Waals surface area contributed by atoms with Crippen LogP contribution in [0.25, 0.3) is 0 Å². The zero-order chi connectivity index (χ0) is 15.1. The Morgan fingerprint density at radius 3 is 2.86 bits per heavy atom. The first-order chi connectivity index (χ1) is 10.2. The van der Waals surface area contributed by atoms with E-state index in [1.807, 2.05) is 43.5 Å². The maximum atomic E-state index is 12.2. The van der Waals surface area contributed by atoms with Crippen LogP contribution in [0.1, 0.15) is 24.4 Å². The lowest BCUT2D eigenvalue weighted by Crippen LogP contribution is -2.34. The third-order valence-corrected chi connectivity index (χ3v) is 3.46. The van der Waals surface area contributed by atoms with Gasteiger partial charge in [0.25, 0.3) is 0 Å². The van der Waals surface area contributed by atoms with E-state index < -0.39 is 0 Å². The monoisotopic (exact) mass is 287 g/mol. The number of methoxy groups -OCH3 is 1. The van der Waals surface area contributed by atoms with Crippen LogP contribution in [0, 0.1) is 5.92 Å². The molecule has 0 saturated heterocycles. The van der Waals surface area contributed by atoms with Crippen molar-refractivity contribution < 1.29 is 9.53 Å². The number of nitrogens with zero attached hydrogens (tertiary/aromatic N) is 1. The molecular formula is C16H21N3O2. The maximum absolute atomic E-state index is 12.2. The van der Waals surface area contributed by atoms with Gasteiger partial charge in [-0.15, -0.1) is 0 Å². The summed E-state index contributed by atoms with van der Waals surface area (Å²) in [6.07, 6.45) is 4.04. The van der Waals surface area contributed by atoms with Gasteiger partial charge in [0.15, 0.2) is 0 Å². The molecule has 0 radical (unpaired) electrons. The Balaban J connectivity index is 1.84. The minimum atomic E-state index is -0.269. The van der Waals surface area contributed by atoms with Crippen molar-refractivity contribution in [2.45, 2.75) is 19.4 Å². The Kier molecular flexibility index (Phi) is 5.51. The molecular weight excluding hydrogens is 266 g/mol. The number of aromatic nitrogens is 2. The average Bonchev–Trinajstić information content (AvgIpc) is 3.03. The molecule has 5 nitrogen and oxygen atoms in total. The number of hydrogen-bond donors (Lipinski definition) is 2. The second-order valence-corrected chi connectivity index (χ2v) is 4.93. The molecule has 2 rings (SSSR count). The van der Waals surface area contributed by atoms with Crippen molar-refractivity contribution in [1.29, 1.82) is 0 Å². The minimum absolute atomic E-state index is 0.0209. The number of hydrogen-bond acceptors (Lipinski definition) is 3. The molecule has 0 unspecified atom stereocenters. The first-order valence-electron chi connectivity index (χ1n) is 7.06. The maximum Gasteiger partial charge on any atom is 0.225 e. The van der Waals surface area contributed by atoms with Crippen molar-refractivity contribution in [2.75, 3.05) is 13.7 Å². The van der Waals surface area contributed by atoms with E-state index in [1.54, 1.807) is 13.3 Å². The molecule has 0 aliphatic rings. The van der Waals surface area contributed by atoms with E-state index in [1.165, 1.54) is 0 Å². The van der Waals surface area contributed by atoms with Crippen LogP contribution >= 0.6 is 0 Å². The summed E-state index contributed by atoms with van der Waals surface area (Å²) in [6, 6.07) is 9.59. The van der Waals surface area contributed by atoms with Crippen LogP contribution in [-0.2, 0) is 16.0 Å². The SMILES string of the molecule is CO[C@@H](c1ccc[nH]1)[C@@H](C)C(=O)NCCc1ccccn1. The molecule has 0 spiro atoms. The van der Waals surface area contributed by atoms with E-state index in [9.17, 15) is 4.79 Å². The van der Waals surface area contributed by atoms with E-state index in [0.717, 1.165) is 17.8 Å². The smallest absolute Gasteiger partial charge is 0.225 e. The molecule has 0 fully saturated rings. The number of nitrogens with one attached hydrogen (secondary N) is 2. The third-order valence-electron chi connectivity index (χ3n) is 3.46. The lowest BCUT2D eigenvalue weighted by molar-refractivity contribution is -0.129. The Morgan fingerprint density at radius 2 is 2.24 bits per heavy atom. The molecule has 2 atom stereocenters. The quantitative estimate of drug-likeness (QED) is 0.819. The largest absolute Gasteiger partial charge is 0.374 e. The molecule has 21 heavy (non-hydrogen) atoms. The highest BCUT2D eigenvalue weighted by molar-refractivity contribution is 5.79. The fourth-order valence-electron chi connectivity index (χ4n) is 2.28. The molecule has 2 aromatic heterocycles. The number of ether oxygens (including phenoxy) is 1. The second-order valence-electron chi connectivity index (χ2n) is 4.93. The van der Waals surface area contributed by atoms with Crippen LogP contribution in [0.4, 0.5) is 0 Å². The van der Waals surface area contributed by atoms with E-state index in [2.05, 4.69) is 15.3 Å². The molecule has 5 heteroatoms. The third kappa shape index (κ3) is 4.16. The highest BCUT2D eigenvalue weighted by Crippen LogP contribution is 2.23. The van der Waals surface area contributed by atoms with Gasteiger partial charge in [0.05, 0.1) is 5.92 Å². The second kappa shape index (κ2) is 7.59. The standard InChI is InChI=1S/C16H21N3O2/c1-12(15(21-2)14-7-5-10-18-14)16(20)19-11-8-13-6-3-4-9-17-13/h3-7,9-10,12,15,18H,8,11H2,1-2H3,(H,19,20)/t12-,15-/m1/s1. The van der Waals surface area contributed by atoms with Crippen molar-refractivity contribution in [2.24, 2.45) is 5.92 Å². The van der Waals surface area contributed by atoms with Gasteiger partial charge in [0.2, 0.25) is 5.91 Å². The van der Waals surface area contributed by atoms with Crippen molar-refractivity contribution in [3.05, 3.63) is 54.1 Å². The lowest BCUT2D eigenvalue weighted by atomic mass is 10.0. The molecule has 2 N–H and O–H groups in total. The summed E-state index contributed by atoms with van der Waals surface area (Å²) in [6.45, 7) is 2.44. The van der Waals surface area contributed by atoms with Crippen LogP contribution in [0.5, 0.6) is 0 Å². The number of H-pyrrole nitrogens is 1. The minimum Gasteiger partial charge on any atom is -0.374 e. The van der Waals surface area contributed by atoms with E-state index in [-0.39, 0.29) is 17.9 Å². The topological polar surface area (TPSA) is 67.0 Å². The first-order valence-corrected chi connectivity index (χ1v) is 7.06. The van der Waals surface area contributed by atoms with Gasteiger partial charge < -0.3 is 15.0 Å². The van der Waals surface area contributed by atoms with Gasteiger partial charge >= 0.3 is 0 Å². The van der Waals surface area contributed by atoms with Crippen molar-refractivity contribution in [3.63, 3.8) is 0 Å². The number of aromatic amines is 1. The van der Waals surface area contributed by atoms with E-state index in [4.69, 9.17) is 4.74 Å². The van der Waals surface area contributed by atoms with Crippen molar-refractivity contribution in [1.82, 2.24) is 15.3 Å². The molecule has 0 saturated carbocycles. The summed E-state index contributed by atoms with van der Waals surface area (Å²) < 4.78 is 5.44. The highest BCUT2D eigenvalue weighted by Gasteiger charge is 2.25. The first kappa shape index (κ1) is 15.3. The number of rotatable bonds is 7. The van der Waals surface area contributed by atoms with Gasteiger partial charge in [-0.1, -0.05) is 13.0 Å². The van der Waals surface area contributed by atoms with Crippen molar-refractivity contribution in [3.8, 4) is 0 Å². The van der Waals surface area contributed by atoms with Crippen LogP contribution in [0.15, 0.2) is 42.7 Å². The predicted octanol–water partition coefficient (Wildman–Crippen LogP) is 2.09. The van der Waals surface area contributed by atoms with Gasteiger partial charge in [-0.25, -0.2) is 0 Å². The van der Waals surface area contributed by atoms with Crippen LogP contribution in [0.2, 0.25) is 0 Å². The Hall–Kier alpha value is -2.14. The number of carbonyl (C=O) groups excluding carboxylic acids is 1. The Morgan fingerprint density at radius 1 is 1.38 bits per heavy atom. The normalized spacial score (nSPS) is 13.6. The van der Waals surface area contributed by atoms with Gasteiger partial charge in [0.1, 0.15) is 6.10 Å². The summed E-state index contributed by atoms with van der Waals surface area (Å²) in [5.74, 6) is -0.287. The summed E-state index contributed by atoms with van der Waals surface area (Å²) >= 11 is 0. The van der Waals surface area contributed by atoms with Crippen LogP contribution in [0.3, 0.4) is 0 Å².